The van der Waals surface area contributed by atoms with E-state index in [1.54, 1.807) is 25.2 Å². The van der Waals surface area contributed by atoms with Gasteiger partial charge < -0.3 is 9.84 Å². The zero-order chi connectivity index (χ0) is 16.8. The molecule has 1 saturated heterocycles. The summed E-state index contributed by atoms with van der Waals surface area (Å²) in [5.41, 5.74) is 1.23. The summed E-state index contributed by atoms with van der Waals surface area (Å²) >= 11 is 6.18. The van der Waals surface area contributed by atoms with Gasteiger partial charge in [0.25, 0.3) is 0 Å². The average molecular weight is 357 g/mol. The summed E-state index contributed by atoms with van der Waals surface area (Å²) in [6.07, 6.45) is -0.376. The van der Waals surface area contributed by atoms with Crippen LogP contribution in [0.2, 0.25) is 5.02 Å². The van der Waals surface area contributed by atoms with Crippen molar-refractivity contribution in [1.29, 1.82) is 0 Å². The number of aryl methyl sites for hydroxylation is 1. The van der Waals surface area contributed by atoms with Gasteiger partial charge in [-0.2, -0.15) is 5.10 Å². The summed E-state index contributed by atoms with van der Waals surface area (Å²) in [4.78, 5) is 11.0. The predicted molar refractivity (Wildman–Crippen MR) is 83.7 cm³/mol. The maximum Gasteiger partial charge on any atom is 0.356 e. The van der Waals surface area contributed by atoms with E-state index in [9.17, 15) is 13.2 Å². The number of carboxylic acids is 1. The van der Waals surface area contributed by atoms with Crippen molar-refractivity contribution in [2.45, 2.75) is 6.10 Å². The van der Waals surface area contributed by atoms with Gasteiger partial charge in [0, 0.05) is 12.6 Å². The van der Waals surface area contributed by atoms with Gasteiger partial charge >= 0.3 is 5.97 Å². The van der Waals surface area contributed by atoms with E-state index < -0.39 is 15.8 Å². The van der Waals surface area contributed by atoms with Gasteiger partial charge in [-0.05, 0) is 24.3 Å². The predicted octanol–water partition coefficient (Wildman–Crippen LogP) is 1.61. The standard InChI is InChI=1S/C14H13ClN2O5S/c1-17-12(5-11(16-17)14(18)19)8-2-3-13(10(15)4-8)22-9-6-23(20,21)7-9/h2-5,9H,6-7H2,1H3,(H,18,19). The molecule has 0 bridgehead atoms. The van der Waals surface area contributed by atoms with Crippen LogP contribution in [0.4, 0.5) is 0 Å². The third-order valence-electron chi connectivity index (χ3n) is 3.50. The largest absolute Gasteiger partial charge is 0.487 e. The Bertz CT molecular complexity index is 879. The first kappa shape index (κ1) is 15.8. The Morgan fingerprint density at radius 3 is 2.61 bits per heavy atom. The molecule has 0 amide bonds. The maximum absolute atomic E-state index is 11.1. The minimum absolute atomic E-state index is 0.00518. The molecule has 0 spiro atoms. The van der Waals surface area contributed by atoms with Crippen LogP contribution < -0.4 is 4.74 Å². The second-order valence-corrected chi connectivity index (χ2v) is 7.87. The Kier molecular flexibility index (Phi) is 3.81. The van der Waals surface area contributed by atoms with Crippen molar-refractivity contribution in [3.63, 3.8) is 0 Å². The molecule has 1 fully saturated rings. The molecule has 122 valence electrons. The topological polar surface area (TPSA) is 98.5 Å². The smallest absolute Gasteiger partial charge is 0.356 e. The number of aromatic nitrogens is 2. The fourth-order valence-electron chi connectivity index (χ4n) is 2.36. The van der Waals surface area contributed by atoms with E-state index in [4.69, 9.17) is 21.4 Å². The number of sulfone groups is 1. The Morgan fingerprint density at radius 2 is 2.09 bits per heavy atom. The highest BCUT2D eigenvalue weighted by molar-refractivity contribution is 7.92. The third-order valence-corrected chi connectivity index (χ3v) is 5.55. The SMILES string of the molecule is Cn1nc(C(=O)O)cc1-c1ccc(OC2CS(=O)(=O)C2)c(Cl)c1. The third kappa shape index (κ3) is 3.18. The number of carboxylic acid groups (broad SMARTS) is 1. The molecule has 0 atom stereocenters. The van der Waals surface area contributed by atoms with Crippen LogP contribution in [0.15, 0.2) is 24.3 Å². The van der Waals surface area contributed by atoms with Crippen molar-refractivity contribution < 1.29 is 23.1 Å². The molecule has 7 nitrogen and oxygen atoms in total. The molecule has 1 N–H and O–H groups in total. The second kappa shape index (κ2) is 5.54. The van der Waals surface area contributed by atoms with Crippen LogP contribution in [0.25, 0.3) is 11.3 Å². The molecule has 23 heavy (non-hydrogen) atoms. The number of rotatable bonds is 4. The van der Waals surface area contributed by atoms with Gasteiger partial charge in [0.1, 0.15) is 11.9 Å². The Balaban J connectivity index is 1.83. The first-order chi connectivity index (χ1) is 10.7. The number of ether oxygens (including phenoxy) is 1. The molecular weight excluding hydrogens is 344 g/mol. The fourth-order valence-corrected chi connectivity index (χ4v) is 3.76. The summed E-state index contributed by atoms with van der Waals surface area (Å²) in [7, 11) is -1.32. The molecule has 2 heterocycles. The Morgan fingerprint density at radius 1 is 1.39 bits per heavy atom. The monoisotopic (exact) mass is 356 g/mol. The normalized spacial score (nSPS) is 16.8. The molecule has 0 radical (unpaired) electrons. The second-order valence-electron chi connectivity index (χ2n) is 5.31. The van der Waals surface area contributed by atoms with Crippen molar-refractivity contribution in [2.75, 3.05) is 11.5 Å². The number of hydrogen-bond acceptors (Lipinski definition) is 5. The summed E-state index contributed by atoms with van der Waals surface area (Å²) in [5.74, 6) is -0.719. The lowest BCUT2D eigenvalue weighted by atomic mass is 10.1. The zero-order valence-electron chi connectivity index (χ0n) is 12.1. The number of carbonyl (C=O) groups is 1. The van der Waals surface area contributed by atoms with E-state index in [1.807, 2.05) is 0 Å². The van der Waals surface area contributed by atoms with E-state index in [1.165, 1.54) is 10.7 Å². The van der Waals surface area contributed by atoms with Crippen LogP contribution in [0.1, 0.15) is 10.5 Å². The van der Waals surface area contributed by atoms with Gasteiger partial charge in [-0.3, -0.25) is 4.68 Å². The molecule has 2 aromatic rings. The van der Waals surface area contributed by atoms with E-state index >= 15 is 0 Å². The van der Waals surface area contributed by atoms with Crippen LogP contribution in [0.5, 0.6) is 5.75 Å². The quantitative estimate of drug-likeness (QED) is 0.893. The lowest BCUT2D eigenvalue weighted by Crippen LogP contribution is -2.45. The van der Waals surface area contributed by atoms with E-state index in [0.717, 1.165) is 0 Å². The number of nitrogens with zero attached hydrogens (tertiary/aromatic N) is 2. The van der Waals surface area contributed by atoms with Crippen LogP contribution in [0.3, 0.4) is 0 Å². The number of benzene rings is 1. The molecule has 9 heteroatoms. The minimum atomic E-state index is -2.96. The van der Waals surface area contributed by atoms with Crippen LogP contribution in [-0.2, 0) is 16.9 Å². The van der Waals surface area contributed by atoms with E-state index in [2.05, 4.69) is 5.10 Å². The summed E-state index contributed by atoms with van der Waals surface area (Å²) in [5, 5.41) is 13.2. The highest BCUT2D eigenvalue weighted by Gasteiger charge is 2.35. The number of hydrogen-bond donors (Lipinski definition) is 1. The van der Waals surface area contributed by atoms with Gasteiger partial charge in [0.05, 0.1) is 22.2 Å². The molecule has 1 aromatic heterocycles. The first-order valence-electron chi connectivity index (χ1n) is 6.69. The average Bonchev–Trinajstić information content (AvgIpc) is 2.81. The molecule has 1 aliphatic heterocycles. The highest BCUT2D eigenvalue weighted by atomic mass is 35.5. The van der Waals surface area contributed by atoms with Gasteiger partial charge in [-0.1, -0.05) is 11.6 Å². The molecule has 0 aliphatic carbocycles. The van der Waals surface area contributed by atoms with Crippen molar-refractivity contribution in [3.05, 3.63) is 35.0 Å². The van der Waals surface area contributed by atoms with Crippen molar-refractivity contribution >= 4 is 27.4 Å². The minimum Gasteiger partial charge on any atom is -0.487 e. The fraction of sp³-hybridized carbons (Fsp3) is 0.286. The van der Waals surface area contributed by atoms with E-state index in [0.29, 0.717) is 22.0 Å². The highest BCUT2D eigenvalue weighted by Crippen LogP contribution is 2.32. The summed E-state index contributed by atoms with van der Waals surface area (Å²) in [6.45, 7) is 0. The maximum atomic E-state index is 11.1. The van der Waals surface area contributed by atoms with Gasteiger partial charge in [-0.25, -0.2) is 13.2 Å². The lowest BCUT2D eigenvalue weighted by Gasteiger charge is -2.27. The van der Waals surface area contributed by atoms with E-state index in [-0.39, 0.29) is 23.3 Å². The number of aromatic carboxylic acids is 1. The van der Waals surface area contributed by atoms with Gasteiger partial charge in [-0.15, -0.1) is 0 Å². The van der Waals surface area contributed by atoms with Crippen LogP contribution in [0, 0.1) is 0 Å². The van der Waals surface area contributed by atoms with Crippen molar-refractivity contribution in [1.82, 2.24) is 9.78 Å². The van der Waals surface area contributed by atoms with Crippen LogP contribution >= 0.6 is 11.6 Å². The molecule has 0 saturated carbocycles. The Hall–Kier alpha value is -2.06. The summed E-state index contributed by atoms with van der Waals surface area (Å²) in [6, 6.07) is 6.44. The van der Waals surface area contributed by atoms with Gasteiger partial charge in [0.15, 0.2) is 15.5 Å². The molecule has 1 aliphatic rings. The van der Waals surface area contributed by atoms with Gasteiger partial charge in [0.2, 0.25) is 0 Å². The van der Waals surface area contributed by atoms with Crippen molar-refractivity contribution in [2.24, 2.45) is 7.05 Å². The molecule has 1 aromatic carbocycles. The van der Waals surface area contributed by atoms with Crippen LogP contribution in [-0.4, -0.2) is 46.9 Å². The Labute approximate surface area is 137 Å². The zero-order valence-corrected chi connectivity index (χ0v) is 13.6. The molecular formula is C14H13ClN2O5S. The summed E-state index contributed by atoms with van der Waals surface area (Å²) < 4.78 is 29.3. The molecule has 3 rings (SSSR count). The number of halogens is 1. The van der Waals surface area contributed by atoms with Crippen molar-refractivity contribution in [3.8, 4) is 17.0 Å². The lowest BCUT2D eigenvalue weighted by molar-refractivity contribution is 0.0689. The molecule has 0 unspecified atom stereocenters. The first-order valence-corrected chi connectivity index (χ1v) is 8.89.